The molecule has 0 N–H and O–H groups in total. The molecule has 0 amide bonds. The average Bonchev–Trinajstić information content (AvgIpc) is 3.06. The summed E-state index contributed by atoms with van der Waals surface area (Å²) in [7, 11) is 0. The highest BCUT2D eigenvalue weighted by atomic mass is 19.1. The lowest BCUT2D eigenvalue weighted by molar-refractivity contribution is 0.406. The number of nitrogens with zero attached hydrogens (tertiary/aromatic N) is 7. The summed E-state index contributed by atoms with van der Waals surface area (Å²) < 4.78 is 21.3. The fourth-order valence-electron chi connectivity index (χ4n) is 3.53. The highest BCUT2D eigenvalue weighted by Gasteiger charge is 2.46. The number of hydrazine groups is 1. The van der Waals surface area contributed by atoms with E-state index in [1.807, 2.05) is 29.3 Å². The fourth-order valence-corrected chi connectivity index (χ4v) is 3.53. The molecule has 0 bridgehead atoms. The van der Waals surface area contributed by atoms with Gasteiger partial charge in [0.2, 0.25) is 0 Å². The molecular weight excluding hydrogens is 337 g/mol. The zero-order valence-corrected chi connectivity index (χ0v) is 13.9. The molecule has 4 heterocycles. The van der Waals surface area contributed by atoms with Gasteiger partial charge in [-0.25, -0.2) is 15.0 Å². The van der Waals surface area contributed by atoms with Crippen molar-refractivity contribution in [1.29, 1.82) is 0 Å². The molecule has 1 fully saturated rings. The van der Waals surface area contributed by atoms with Crippen LogP contribution in [0.1, 0.15) is 37.3 Å². The zero-order chi connectivity index (χ0) is 17.5. The van der Waals surface area contributed by atoms with Crippen molar-refractivity contribution in [3.05, 3.63) is 47.9 Å². The standard InChI is InChI=1S/C17H14FN7O/c1-17(6-7-17)14-21-16(26-22-14)23-9-20-13-10-4-2-3-5-11(10)24-12(25(13)23)8-19-15(24)18/h2-5,8-9,13H,6-7H2,1H3. The number of rotatable bonds is 2. The molecule has 0 saturated heterocycles. The van der Waals surface area contributed by atoms with Crippen molar-refractivity contribution in [3.63, 3.8) is 0 Å². The highest BCUT2D eigenvalue weighted by Crippen LogP contribution is 2.47. The van der Waals surface area contributed by atoms with E-state index in [1.165, 1.54) is 10.8 Å². The molecule has 130 valence electrons. The fraction of sp³-hybridized carbons (Fsp3) is 0.294. The minimum absolute atomic E-state index is 0.000394. The second-order valence-corrected chi connectivity index (χ2v) is 7.07. The van der Waals surface area contributed by atoms with Crippen molar-refractivity contribution in [2.75, 3.05) is 10.0 Å². The second-order valence-electron chi connectivity index (χ2n) is 7.07. The van der Waals surface area contributed by atoms with E-state index in [9.17, 15) is 4.39 Å². The molecule has 1 aliphatic carbocycles. The maximum Gasteiger partial charge on any atom is 0.348 e. The van der Waals surface area contributed by atoms with E-state index in [4.69, 9.17) is 4.52 Å². The number of imidazole rings is 1. The topological polar surface area (TPSA) is 75.6 Å². The van der Waals surface area contributed by atoms with Crippen LogP contribution in [0.5, 0.6) is 0 Å². The highest BCUT2D eigenvalue weighted by molar-refractivity contribution is 5.84. The number of para-hydroxylation sites is 1. The number of hydrogen-bond acceptors (Lipinski definition) is 7. The van der Waals surface area contributed by atoms with Crippen molar-refractivity contribution in [1.82, 2.24) is 19.7 Å². The molecule has 0 spiro atoms. The van der Waals surface area contributed by atoms with Crippen LogP contribution in [0.4, 0.5) is 16.2 Å². The van der Waals surface area contributed by atoms with Crippen LogP contribution in [-0.2, 0) is 5.41 Å². The molecule has 1 unspecified atom stereocenters. The van der Waals surface area contributed by atoms with Gasteiger partial charge in [0.15, 0.2) is 17.8 Å². The Balaban J connectivity index is 1.49. The predicted octanol–water partition coefficient (Wildman–Crippen LogP) is 2.73. The van der Waals surface area contributed by atoms with E-state index in [1.54, 1.807) is 11.3 Å². The van der Waals surface area contributed by atoms with Crippen molar-refractivity contribution in [3.8, 4) is 5.69 Å². The summed E-state index contributed by atoms with van der Waals surface area (Å²) >= 11 is 0. The molecule has 8 nitrogen and oxygen atoms in total. The SMILES string of the molecule is CC1(c2noc(N3C=NC4c5ccccc5-n5c(cnc5F)N43)n2)CC1. The third-order valence-electron chi connectivity index (χ3n) is 5.32. The number of benzene rings is 1. The number of anilines is 2. The van der Waals surface area contributed by atoms with Crippen molar-refractivity contribution in [2.45, 2.75) is 31.3 Å². The molecule has 1 saturated carbocycles. The Morgan fingerprint density at radius 3 is 2.96 bits per heavy atom. The monoisotopic (exact) mass is 351 g/mol. The maximum absolute atomic E-state index is 14.4. The van der Waals surface area contributed by atoms with Gasteiger partial charge < -0.3 is 4.52 Å². The Morgan fingerprint density at radius 2 is 2.12 bits per heavy atom. The van der Waals surface area contributed by atoms with Crippen molar-refractivity contribution < 1.29 is 8.91 Å². The third-order valence-corrected chi connectivity index (χ3v) is 5.32. The van der Waals surface area contributed by atoms with E-state index in [-0.39, 0.29) is 11.6 Å². The van der Waals surface area contributed by atoms with Gasteiger partial charge in [0.25, 0.3) is 6.08 Å². The van der Waals surface area contributed by atoms with Crippen LogP contribution in [0.2, 0.25) is 0 Å². The summed E-state index contributed by atoms with van der Waals surface area (Å²) in [6.07, 6.45) is 4.32. The largest absolute Gasteiger partial charge is 0.348 e. The van der Waals surface area contributed by atoms with Crippen LogP contribution in [0.3, 0.4) is 0 Å². The molecule has 1 aromatic carbocycles. The third kappa shape index (κ3) is 1.67. The molecule has 3 aromatic rings. The van der Waals surface area contributed by atoms with Crippen LogP contribution < -0.4 is 10.0 Å². The molecule has 0 radical (unpaired) electrons. The van der Waals surface area contributed by atoms with Gasteiger partial charge in [0.1, 0.15) is 6.34 Å². The number of fused-ring (bicyclic) bond motifs is 6. The zero-order valence-electron chi connectivity index (χ0n) is 13.9. The molecule has 3 aliphatic rings. The van der Waals surface area contributed by atoms with Crippen molar-refractivity contribution in [2.24, 2.45) is 4.99 Å². The first-order chi connectivity index (χ1) is 12.7. The van der Waals surface area contributed by atoms with Gasteiger partial charge in [0, 0.05) is 11.0 Å². The first-order valence-corrected chi connectivity index (χ1v) is 8.44. The van der Waals surface area contributed by atoms with E-state index in [0.29, 0.717) is 17.7 Å². The van der Waals surface area contributed by atoms with Gasteiger partial charge in [-0.1, -0.05) is 30.3 Å². The Bertz CT molecular complexity index is 1070. The molecule has 9 heteroatoms. The average molecular weight is 351 g/mol. The van der Waals surface area contributed by atoms with Gasteiger partial charge in [-0.3, -0.25) is 4.57 Å². The van der Waals surface area contributed by atoms with E-state index in [2.05, 4.69) is 27.0 Å². The van der Waals surface area contributed by atoms with Crippen LogP contribution in [0, 0.1) is 6.08 Å². The molecule has 26 heavy (non-hydrogen) atoms. The molecule has 1 atom stereocenters. The van der Waals surface area contributed by atoms with Crippen LogP contribution in [0.25, 0.3) is 5.69 Å². The molecule has 6 rings (SSSR count). The summed E-state index contributed by atoms with van der Waals surface area (Å²) in [6, 6.07) is 7.88. The van der Waals surface area contributed by atoms with Crippen LogP contribution >= 0.6 is 0 Å². The van der Waals surface area contributed by atoms with Crippen molar-refractivity contribution >= 4 is 18.2 Å². The van der Waals surface area contributed by atoms with Gasteiger partial charge >= 0.3 is 6.01 Å². The number of aliphatic imine (C=N–C) groups is 1. The van der Waals surface area contributed by atoms with Gasteiger partial charge in [-0.05, 0) is 18.9 Å². The van der Waals surface area contributed by atoms with E-state index < -0.39 is 6.08 Å². The smallest absolute Gasteiger partial charge is 0.313 e. The van der Waals surface area contributed by atoms with E-state index >= 15 is 0 Å². The Morgan fingerprint density at radius 1 is 1.27 bits per heavy atom. The predicted molar refractivity (Wildman–Crippen MR) is 90.6 cm³/mol. The van der Waals surface area contributed by atoms with E-state index in [0.717, 1.165) is 24.1 Å². The summed E-state index contributed by atoms with van der Waals surface area (Å²) in [5, 5.41) is 7.60. The minimum atomic E-state index is -0.575. The summed E-state index contributed by atoms with van der Waals surface area (Å²) in [6.45, 7) is 2.12. The molecule has 2 aliphatic heterocycles. The number of aromatic nitrogens is 4. The summed E-state index contributed by atoms with van der Waals surface area (Å²) in [5.74, 6) is 1.25. The summed E-state index contributed by atoms with van der Waals surface area (Å²) in [5.41, 5.74) is 1.61. The lowest BCUT2D eigenvalue weighted by Crippen LogP contribution is -2.43. The summed E-state index contributed by atoms with van der Waals surface area (Å²) in [4.78, 5) is 13.0. The Labute approximate surface area is 147 Å². The Kier molecular flexibility index (Phi) is 2.41. The maximum atomic E-state index is 14.4. The molecule has 2 aromatic heterocycles. The Hall–Kier alpha value is -3.23. The molecular formula is C17H14FN7O. The normalized spacial score (nSPS) is 21.5. The second kappa shape index (κ2) is 4.48. The lowest BCUT2D eigenvalue weighted by atomic mass is 10.1. The quantitative estimate of drug-likeness (QED) is 0.707. The van der Waals surface area contributed by atoms with Gasteiger partial charge in [-0.15, -0.1) is 0 Å². The van der Waals surface area contributed by atoms with Crippen LogP contribution in [-0.4, -0.2) is 26.0 Å². The first kappa shape index (κ1) is 14.0. The minimum Gasteiger partial charge on any atom is -0.313 e. The van der Waals surface area contributed by atoms with Gasteiger partial charge in [-0.2, -0.15) is 14.4 Å². The van der Waals surface area contributed by atoms with Crippen LogP contribution in [0.15, 0.2) is 40.0 Å². The number of hydrogen-bond donors (Lipinski definition) is 0. The van der Waals surface area contributed by atoms with Gasteiger partial charge in [0.05, 0.1) is 11.9 Å². The first-order valence-electron chi connectivity index (χ1n) is 8.44. The lowest BCUT2D eigenvalue weighted by Gasteiger charge is -2.35. The number of halogens is 1.